The predicted octanol–water partition coefficient (Wildman–Crippen LogP) is 5.08. The highest BCUT2D eigenvalue weighted by atomic mass is 32.1. The Balaban J connectivity index is 1.71. The number of imidazole rings is 2. The number of rotatable bonds is 0. The lowest BCUT2D eigenvalue weighted by atomic mass is 9.96. The van der Waals surface area contributed by atoms with Gasteiger partial charge >= 0.3 is 0 Å². The van der Waals surface area contributed by atoms with E-state index in [-0.39, 0.29) is 11.1 Å². The molecule has 6 heterocycles. The van der Waals surface area contributed by atoms with Crippen molar-refractivity contribution in [2.24, 2.45) is 0 Å². The van der Waals surface area contributed by atoms with E-state index in [1.54, 1.807) is 43.6 Å². The van der Waals surface area contributed by atoms with E-state index >= 15 is 0 Å². The summed E-state index contributed by atoms with van der Waals surface area (Å²) in [6.07, 6.45) is 0. The molecule has 0 saturated heterocycles. The zero-order chi connectivity index (χ0) is 21.5. The summed E-state index contributed by atoms with van der Waals surface area (Å²) in [6, 6.07) is 11.6. The number of benzene rings is 2. The zero-order valence-corrected chi connectivity index (χ0v) is 18.5. The third-order valence-corrected chi connectivity index (χ3v) is 8.33. The fourth-order valence-electron chi connectivity index (χ4n) is 5.22. The highest BCUT2D eigenvalue weighted by Crippen LogP contribution is 2.38. The highest BCUT2D eigenvalue weighted by molar-refractivity contribution is 7.18. The number of hydrogen-bond acceptors (Lipinski definition) is 6. The van der Waals surface area contributed by atoms with Crippen LogP contribution in [0.25, 0.3) is 64.3 Å². The zero-order valence-electron chi connectivity index (χ0n) is 16.9. The summed E-state index contributed by atoms with van der Waals surface area (Å²) in [4.78, 5) is 40.8. The van der Waals surface area contributed by atoms with Crippen LogP contribution < -0.4 is 11.1 Å². The van der Waals surface area contributed by atoms with Gasteiger partial charge in [0.15, 0.2) is 0 Å². The van der Waals surface area contributed by atoms with Crippen LogP contribution in [-0.2, 0) is 0 Å². The average molecular weight is 453 g/mol. The normalized spacial score (nSPS) is 12.9. The van der Waals surface area contributed by atoms with Gasteiger partial charge in [-0.15, -0.1) is 22.7 Å². The Bertz CT molecular complexity index is 2060. The van der Waals surface area contributed by atoms with Gasteiger partial charge in [0.2, 0.25) is 0 Å². The largest absolute Gasteiger partial charge is 0.268 e. The third-order valence-electron chi connectivity index (χ3n) is 6.46. The maximum atomic E-state index is 13.6. The Morgan fingerprint density at radius 2 is 1.06 bits per heavy atom. The molecule has 0 spiro atoms. The lowest BCUT2D eigenvalue weighted by Crippen LogP contribution is -2.16. The first-order chi connectivity index (χ1) is 15.5. The number of nitrogens with zero attached hydrogens (tertiary/aromatic N) is 4. The summed E-state index contributed by atoms with van der Waals surface area (Å²) >= 11 is 3.17. The fraction of sp³-hybridized carbons (Fsp3) is 0.0833. The predicted molar refractivity (Wildman–Crippen MR) is 132 cm³/mol. The average Bonchev–Trinajstić information content (AvgIpc) is 3.48. The van der Waals surface area contributed by atoms with Crippen LogP contribution in [0.3, 0.4) is 0 Å². The summed E-state index contributed by atoms with van der Waals surface area (Å²) in [5, 5.41) is 4.56. The number of hydrogen-bond donors (Lipinski definition) is 0. The minimum absolute atomic E-state index is 0.102. The molecule has 0 radical (unpaired) electrons. The van der Waals surface area contributed by atoms with Gasteiger partial charge in [0.05, 0.1) is 11.0 Å². The first-order valence-electron chi connectivity index (χ1n) is 10.2. The summed E-state index contributed by atoms with van der Waals surface area (Å²) in [5.41, 5.74) is 2.77. The Labute approximate surface area is 186 Å². The van der Waals surface area contributed by atoms with Crippen molar-refractivity contribution in [3.05, 3.63) is 66.9 Å². The van der Waals surface area contributed by atoms with Crippen LogP contribution in [0.2, 0.25) is 0 Å². The van der Waals surface area contributed by atoms with Crippen LogP contribution in [0.1, 0.15) is 9.75 Å². The molecule has 6 nitrogen and oxygen atoms in total. The van der Waals surface area contributed by atoms with Gasteiger partial charge in [-0.2, -0.15) is 0 Å². The Kier molecular flexibility index (Phi) is 2.78. The van der Waals surface area contributed by atoms with Crippen LogP contribution in [0.4, 0.5) is 0 Å². The van der Waals surface area contributed by atoms with Gasteiger partial charge in [0, 0.05) is 42.1 Å². The molecule has 0 saturated carbocycles. The first-order valence-corrected chi connectivity index (χ1v) is 11.8. The first kappa shape index (κ1) is 17.0. The molecule has 8 rings (SSSR count). The van der Waals surface area contributed by atoms with E-state index in [4.69, 9.17) is 9.97 Å². The molecule has 0 fully saturated rings. The molecule has 0 bridgehead atoms. The van der Waals surface area contributed by atoms with Crippen molar-refractivity contribution < 1.29 is 0 Å². The molecule has 0 N–H and O–H groups in total. The summed E-state index contributed by atoms with van der Waals surface area (Å²) in [7, 11) is 0. The Hall–Kier alpha value is -3.62. The van der Waals surface area contributed by atoms with Crippen molar-refractivity contribution in [1.82, 2.24) is 18.8 Å². The molecule has 8 aromatic rings. The molecule has 0 aliphatic heterocycles. The number of fused-ring (bicyclic) bond motifs is 8. The molecule has 2 aromatic carbocycles. The SMILES string of the molecule is Cc1cc2c(nc3c4ccc5c6c(ccc(c(=O)n23)c46)c(=O)n2c3cc(C)sc3nc52)s1. The number of pyridine rings is 2. The Morgan fingerprint density at radius 3 is 1.50 bits per heavy atom. The van der Waals surface area contributed by atoms with Gasteiger partial charge in [-0.3, -0.25) is 18.4 Å². The summed E-state index contributed by atoms with van der Waals surface area (Å²) in [6.45, 7) is 4.04. The smallest absolute Gasteiger partial charge is 0.264 e. The molecule has 0 amide bonds. The van der Waals surface area contributed by atoms with Gasteiger partial charge in [0.25, 0.3) is 11.1 Å². The maximum absolute atomic E-state index is 13.6. The van der Waals surface area contributed by atoms with E-state index in [0.29, 0.717) is 22.1 Å². The summed E-state index contributed by atoms with van der Waals surface area (Å²) < 4.78 is 3.42. The molecule has 6 aromatic heterocycles. The van der Waals surface area contributed by atoms with E-state index in [1.165, 1.54) is 0 Å². The Morgan fingerprint density at radius 1 is 0.656 bits per heavy atom. The fourth-order valence-corrected chi connectivity index (χ4v) is 6.94. The summed E-state index contributed by atoms with van der Waals surface area (Å²) in [5.74, 6) is 0. The molecule has 32 heavy (non-hydrogen) atoms. The molecule has 0 unspecified atom stereocenters. The molecule has 0 aliphatic carbocycles. The van der Waals surface area contributed by atoms with Crippen molar-refractivity contribution in [1.29, 1.82) is 0 Å². The van der Waals surface area contributed by atoms with E-state index < -0.39 is 0 Å². The number of aryl methyl sites for hydroxylation is 2. The number of thiophene rings is 2. The van der Waals surface area contributed by atoms with Gasteiger partial charge in [0.1, 0.15) is 21.0 Å². The number of aromatic nitrogens is 4. The van der Waals surface area contributed by atoms with E-state index in [2.05, 4.69) is 0 Å². The van der Waals surface area contributed by atoms with Crippen molar-refractivity contribution in [3.8, 4) is 0 Å². The van der Waals surface area contributed by atoms with Crippen LogP contribution >= 0.6 is 22.7 Å². The standard InChI is InChI=1S/C24H12N4O2S2/c1-9-7-15-21(31-9)25-19-11-3-4-12-18-14(6-5-13(17(11)18)23(29)27(15)19)24(30)28-16-8-10(2)32-22(16)26-20(12)28/h3-8H,1-2H3. The second-order valence-corrected chi connectivity index (χ2v) is 10.8. The van der Waals surface area contributed by atoms with Gasteiger partial charge in [-0.05, 0) is 50.2 Å². The lowest BCUT2D eigenvalue weighted by Gasteiger charge is -2.12. The molecule has 0 aliphatic rings. The highest BCUT2D eigenvalue weighted by Gasteiger charge is 2.23. The second kappa shape index (κ2) is 5.23. The minimum atomic E-state index is -0.102. The van der Waals surface area contributed by atoms with E-state index in [0.717, 1.165) is 52.0 Å². The topological polar surface area (TPSA) is 68.7 Å². The van der Waals surface area contributed by atoms with Crippen LogP contribution in [0, 0.1) is 13.8 Å². The molecule has 8 heteroatoms. The molecule has 152 valence electrons. The van der Waals surface area contributed by atoms with E-state index in [9.17, 15) is 9.59 Å². The van der Waals surface area contributed by atoms with Gasteiger partial charge in [-0.25, -0.2) is 9.97 Å². The van der Waals surface area contributed by atoms with Gasteiger partial charge in [-0.1, -0.05) is 0 Å². The van der Waals surface area contributed by atoms with E-state index in [1.807, 2.05) is 38.1 Å². The maximum Gasteiger partial charge on any atom is 0.264 e. The van der Waals surface area contributed by atoms with Gasteiger partial charge < -0.3 is 0 Å². The van der Waals surface area contributed by atoms with Crippen molar-refractivity contribution in [2.45, 2.75) is 13.8 Å². The third kappa shape index (κ3) is 1.76. The van der Waals surface area contributed by atoms with Crippen molar-refractivity contribution >= 4 is 87.0 Å². The van der Waals surface area contributed by atoms with Crippen LogP contribution in [0.5, 0.6) is 0 Å². The monoisotopic (exact) mass is 452 g/mol. The molecular formula is C24H12N4O2S2. The molecule has 0 atom stereocenters. The lowest BCUT2D eigenvalue weighted by molar-refractivity contribution is 1.18. The second-order valence-electron chi connectivity index (χ2n) is 8.32. The minimum Gasteiger partial charge on any atom is -0.268 e. The van der Waals surface area contributed by atoms with Crippen LogP contribution in [0.15, 0.2) is 46.0 Å². The van der Waals surface area contributed by atoms with Crippen molar-refractivity contribution in [3.63, 3.8) is 0 Å². The molecular weight excluding hydrogens is 440 g/mol. The van der Waals surface area contributed by atoms with Crippen molar-refractivity contribution in [2.75, 3.05) is 0 Å². The quantitative estimate of drug-likeness (QED) is 0.301. The van der Waals surface area contributed by atoms with Crippen LogP contribution in [-0.4, -0.2) is 18.8 Å².